The summed E-state index contributed by atoms with van der Waals surface area (Å²) in [4.78, 5) is 27.3. The molecule has 0 saturated carbocycles. The summed E-state index contributed by atoms with van der Waals surface area (Å²) in [5, 5.41) is 13.7. The number of anilines is 1. The van der Waals surface area contributed by atoms with Crippen molar-refractivity contribution in [3.8, 4) is 0 Å². The van der Waals surface area contributed by atoms with E-state index in [9.17, 15) is 9.59 Å². The summed E-state index contributed by atoms with van der Waals surface area (Å²) in [6.45, 7) is 2.00. The number of thioether (sulfide) groups is 1. The Hall–Kier alpha value is -1.94. The van der Waals surface area contributed by atoms with Crippen LogP contribution in [0.25, 0.3) is 0 Å². The lowest BCUT2D eigenvalue weighted by Crippen LogP contribution is -2.14. The third-order valence-electron chi connectivity index (χ3n) is 2.92. The van der Waals surface area contributed by atoms with Gasteiger partial charge in [-0.05, 0) is 0 Å². The minimum Gasteiger partial charge on any atom is -0.469 e. The molecule has 0 unspecified atom stereocenters. The fourth-order valence-electron chi connectivity index (χ4n) is 1.73. The smallest absolute Gasteiger partial charge is 0.311 e. The Morgan fingerprint density at radius 3 is 2.87 bits per heavy atom. The molecule has 2 heterocycles. The van der Waals surface area contributed by atoms with Gasteiger partial charge in [-0.2, -0.15) is 0 Å². The molecule has 2 aromatic heterocycles. The molecule has 8 nitrogen and oxygen atoms in total. The number of aromatic nitrogens is 4. The van der Waals surface area contributed by atoms with E-state index in [0.717, 1.165) is 12.2 Å². The zero-order chi connectivity index (χ0) is 16.8. The lowest BCUT2D eigenvalue weighted by Gasteiger charge is -2.02. The van der Waals surface area contributed by atoms with Gasteiger partial charge in [0.05, 0.1) is 25.0 Å². The molecule has 0 aliphatic heterocycles. The highest BCUT2D eigenvalue weighted by molar-refractivity contribution is 7.99. The zero-order valence-corrected chi connectivity index (χ0v) is 14.7. The molecule has 0 spiro atoms. The van der Waals surface area contributed by atoms with Crippen LogP contribution in [0.4, 0.5) is 5.13 Å². The van der Waals surface area contributed by atoms with Crippen molar-refractivity contribution in [3.05, 3.63) is 16.9 Å². The summed E-state index contributed by atoms with van der Waals surface area (Å²) in [7, 11) is 3.20. The molecule has 2 rings (SSSR count). The van der Waals surface area contributed by atoms with Crippen LogP contribution in [0.1, 0.15) is 18.4 Å². The van der Waals surface area contributed by atoms with Crippen LogP contribution in [0.15, 0.2) is 10.5 Å². The number of methoxy groups -OCH3 is 1. The van der Waals surface area contributed by atoms with Crippen molar-refractivity contribution in [2.45, 2.75) is 24.9 Å². The Balaban J connectivity index is 1.85. The van der Waals surface area contributed by atoms with Crippen molar-refractivity contribution in [1.82, 2.24) is 19.7 Å². The highest BCUT2D eigenvalue weighted by Gasteiger charge is 2.12. The van der Waals surface area contributed by atoms with Crippen molar-refractivity contribution in [2.24, 2.45) is 7.05 Å². The number of nitrogens with zero attached hydrogens (tertiary/aromatic N) is 4. The van der Waals surface area contributed by atoms with E-state index < -0.39 is 0 Å². The fraction of sp³-hybridized carbons (Fsp3) is 0.462. The molecule has 0 bridgehead atoms. The van der Waals surface area contributed by atoms with Crippen LogP contribution < -0.4 is 5.32 Å². The average molecular weight is 355 g/mol. The molecule has 1 N–H and O–H groups in total. The number of rotatable bonds is 7. The van der Waals surface area contributed by atoms with Crippen molar-refractivity contribution < 1.29 is 14.3 Å². The second kappa shape index (κ2) is 8.06. The van der Waals surface area contributed by atoms with Gasteiger partial charge in [0, 0.05) is 18.8 Å². The molecule has 23 heavy (non-hydrogen) atoms. The second-order valence-electron chi connectivity index (χ2n) is 4.55. The van der Waals surface area contributed by atoms with E-state index in [2.05, 4.69) is 25.2 Å². The Labute approximate surface area is 141 Å². The quantitative estimate of drug-likeness (QED) is 0.590. The number of nitrogens with one attached hydrogen (secondary N) is 1. The molecule has 0 aliphatic carbocycles. The Bertz CT molecular complexity index is 698. The summed E-state index contributed by atoms with van der Waals surface area (Å²) in [5.74, 6) is 0.537. The van der Waals surface area contributed by atoms with Crippen LogP contribution in [-0.2, 0) is 34.2 Å². The minimum absolute atomic E-state index is 0.0936. The first kappa shape index (κ1) is 17.4. The van der Waals surface area contributed by atoms with Crippen molar-refractivity contribution in [1.29, 1.82) is 0 Å². The predicted octanol–water partition coefficient (Wildman–Crippen LogP) is 1.28. The standard InChI is InChI=1S/C13H17N5O3S2/c1-4-9-16-17-13(18(9)2)23-7-10(19)15-12-14-8(6-22-12)5-11(20)21-3/h6H,4-5,7H2,1-3H3,(H,14,15,19). The number of hydrogen-bond donors (Lipinski definition) is 1. The number of ether oxygens (including phenoxy) is 1. The lowest BCUT2D eigenvalue weighted by atomic mass is 10.3. The van der Waals surface area contributed by atoms with Gasteiger partial charge >= 0.3 is 5.97 Å². The SMILES string of the molecule is CCc1nnc(SCC(=O)Nc2nc(CC(=O)OC)cs2)n1C. The van der Waals surface area contributed by atoms with E-state index in [1.54, 1.807) is 5.38 Å². The second-order valence-corrected chi connectivity index (χ2v) is 6.35. The maximum atomic E-state index is 11.9. The summed E-state index contributed by atoms with van der Waals surface area (Å²) >= 11 is 2.58. The van der Waals surface area contributed by atoms with Gasteiger partial charge < -0.3 is 14.6 Å². The van der Waals surface area contributed by atoms with Crippen LogP contribution in [0, 0.1) is 0 Å². The predicted molar refractivity (Wildman–Crippen MR) is 87.6 cm³/mol. The summed E-state index contributed by atoms with van der Waals surface area (Å²) in [5.41, 5.74) is 0.575. The maximum absolute atomic E-state index is 11.9. The summed E-state index contributed by atoms with van der Waals surface area (Å²) in [6, 6.07) is 0. The van der Waals surface area contributed by atoms with Crippen LogP contribution in [-0.4, -0.2) is 44.5 Å². The molecule has 0 saturated heterocycles. The highest BCUT2D eigenvalue weighted by atomic mass is 32.2. The van der Waals surface area contributed by atoms with Gasteiger partial charge in [-0.3, -0.25) is 9.59 Å². The average Bonchev–Trinajstić information content (AvgIpc) is 3.11. The Morgan fingerprint density at radius 2 is 2.22 bits per heavy atom. The van der Waals surface area contributed by atoms with Crippen molar-refractivity contribution in [3.63, 3.8) is 0 Å². The molecular formula is C13H17N5O3S2. The van der Waals surface area contributed by atoms with Gasteiger partial charge in [0.15, 0.2) is 10.3 Å². The van der Waals surface area contributed by atoms with Crippen LogP contribution in [0.2, 0.25) is 0 Å². The normalized spacial score (nSPS) is 10.6. The van der Waals surface area contributed by atoms with Crippen molar-refractivity contribution >= 4 is 40.1 Å². The number of amides is 1. The van der Waals surface area contributed by atoms with Gasteiger partial charge in [-0.1, -0.05) is 18.7 Å². The third-order valence-corrected chi connectivity index (χ3v) is 4.75. The van der Waals surface area contributed by atoms with E-state index in [-0.39, 0.29) is 24.1 Å². The number of aryl methyl sites for hydroxylation is 1. The Morgan fingerprint density at radius 1 is 1.43 bits per heavy atom. The molecule has 0 aliphatic rings. The lowest BCUT2D eigenvalue weighted by molar-refractivity contribution is -0.139. The molecule has 0 aromatic carbocycles. The maximum Gasteiger partial charge on any atom is 0.311 e. The monoisotopic (exact) mass is 355 g/mol. The highest BCUT2D eigenvalue weighted by Crippen LogP contribution is 2.19. The molecule has 124 valence electrons. The molecule has 0 atom stereocenters. The van der Waals surface area contributed by atoms with Gasteiger partial charge in [-0.15, -0.1) is 21.5 Å². The van der Waals surface area contributed by atoms with E-state index in [4.69, 9.17) is 0 Å². The van der Waals surface area contributed by atoms with E-state index >= 15 is 0 Å². The fourth-order valence-corrected chi connectivity index (χ4v) is 3.19. The van der Waals surface area contributed by atoms with Gasteiger partial charge in [0.2, 0.25) is 5.91 Å². The Kier molecular flexibility index (Phi) is 6.11. The molecule has 0 fully saturated rings. The number of carbonyl (C=O) groups is 2. The van der Waals surface area contributed by atoms with E-state index in [1.807, 2.05) is 18.5 Å². The molecular weight excluding hydrogens is 338 g/mol. The minimum atomic E-state index is -0.363. The topological polar surface area (TPSA) is 99.0 Å². The first-order valence-corrected chi connectivity index (χ1v) is 8.72. The van der Waals surface area contributed by atoms with Gasteiger partial charge in [0.25, 0.3) is 0 Å². The largest absolute Gasteiger partial charge is 0.469 e. The van der Waals surface area contributed by atoms with E-state index in [1.165, 1.54) is 30.2 Å². The van der Waals surface area contributed by atoms with Crippen LogP contribution in [0.5, 0.6) is 0 Å². The van der Waals surface area contributed by atoms with Crippen LogP contribution in [0.3, 0.4) is 0 Å². The number of esters is 1. The van der Waals surface area contributed by atoms with Crippen molar-refractivity contribution in [2.75, 3.05) is 18.2 Å². The molecule has 1 amide bonds. The summed E-state index contributed by atoms with van der Waals surface area (Å²) < 4.78 is 6.45. The number of thiazole rings is 1. The van der Waals surface area contributed by atoms with Gasteiger partial charge in [-0.25, -0.2) is 4.98 Å². The van der Waals surface area contributed by atoms with Crippen LogP contribution >= 0.6 is 23.1 Å². The number of carbonyl (C=O) groups excluding carboxylic acids is 2. The van der Waals surface area contributed by atoms with E-state index in [0.29, 0.717) is 16.0 Å². The molecule has 10 heteroatoms. The first-order chi connectivity index (χ1) is 11.0. The van der Waals surface area contributed by atoms with Gasteiger partial charge in [0.1, 0.15) is 5.82 Å². The first-order valence-electron chi connectivity index (χ1n) is 6.85. The zero-order valence-electron chi connectivity index (χ0n) is 13.0. The number of hydrogen-bond acceptors (Lipinski definition) is 8. The third kappa shape index (κ3) is 4.76. The summed E-state index contributed by atoms with van der Waals surface area (Å²) in [6.07, 6.45) is 0.884. The molecule has 2 aromatic rings. The molecule has 0 radical (unpaired) electrons.